The molecule has 2 amide bonds. The predicted molar refractivity (Wildman–Crippen MR) is 39.5 cm³/mol. The molecule has 0 aliphatic carbocycles. The lowest BCUT2D eigenvalue weighted by Crippen LogP contribution is -2.59. The van der Waals surface area contributed by atoms with Gasteiger partial charge in [-0.25, -0.2) is 4.79 Å². The quantitative estimate of drug-likeness (QED) is 0.349. The van der Waals surface area contributed by atoms with Crippen LogP contribution in [0.3, 0.4) is 0 Å². The van der Waals surface area contributed by atoms with E-state index in [1.165, 1.54) is 0 Å². The van der Waals surface area contributed by atoms with Crippen LogP contribution in [0, 0.1) is 0 Å². The molecule has 1 saturated heterocycles. The third-order valence-corrected chi connectivity index (χ3v) is 1.75. The first-order valence-corrected chi connectivity index (χ1v) is 3.60. The van der Waals surface area contributed by atoms with Gasteiger partial charge in [0.05, 0.1) is 5.70 Å². The van der Waals surface area contributed by atoms with Crippen molar-refractivity contribution in [1.82, 2.24) is 21.3 Å². The second-order valence-corrected chi connectivity index (χ2v) is 2.53. The Morgan fingerprint density at radius 2 is 2.36 bits per heavy atom. The van der Waals surface area contributed by atoms with Crippen LogP contribution in [0.2, 0.25) is 0 Å². The lowest BCUT2D eigenvalue weighted by atomic mass is 10.2. The summed E-state index contributed by atoms with van der Waals surface area (Å²) in [6.07, 6.45) is 1.66. The summed E-state index contributed by atoms with van der Waals surface area (Å²) in [7, 11) is 0. The van der Waals surface area contributed by atoms with Crippen molar-refractivity contribution in [2.75, 3.05) is 13.1 Å². The summed E-state index contributed by atoms with van der Waals surface area (Å²) in [6, 6.07) is -0.157. The summed E-state index contributed by atoms with van der Waals surface area (Å²) in [5, 5.41) is 11.6. The molecular weight excluding hydrogens is 144 g/mol. The van der Waals surface area contributed by atoms with Gasteiger partial charge in [0, 0.05) is 19.3 Å². The van der Waals surface area contributed by atoms with Crippen LogP contribution in [-0.2, 0) is 0 Å². The summed E-state index contributed by atoms with van der Waals surface area (Å²) >= 11 is 0. The summed E-state index contributed by atoms with van der Waals surface area (Å²) in [5.74, 6) is 0. The second-order valence-electron chi connectivity index (χ2n) is 2.53. The highest BCUT2D eigenvalue weighted by Crippen LogP contribution is 2.01. The van der Waals surface area contributed by atoms with Crippen molar-refractivity contribution in [2.24, 2.45) is 0 Å². The molecule has 1 atom stereocenters. The zero-order valence-electron chi connectivity index (χ0n) is 5.98. The lowest BCUT2D eigenvalue weighted by Gasteiger charge is -2.31. The maximum absolute atomic E-state index is 10.8. The highest BCUT2D eigenvalue weighted by atomic mass is 16.2. The van der Waals surface area contributed by atoms with E-state index in [-0.39, 0.29) is 12.2 Å². The van der Waals surface area contributed by atoms with Crippen molar-refractivity contribution < 1.29 is 4.79 Å². The maximum atomic E-state index is 10.8. The van der Waals surface area contributed by atoms with Gasteiger partial charge in [0.25, 0.3) is 0 Å². The number of carbonyl (C=O) groups excluding carboxylic acids is 1. The van der Waals surface area contributed by atoms with E-state index in [4.69, 9.17) is 0 Å². The standard InChI is InChI=1S/C6H10N4O/c11-6-9-3-4-5(10-6)8-2-1-7-4/h3,5,7-8H,1-2H2,(H2,9,10,11). The second kappa shape index (κ2) is 2.43. The van der Waals surface area contributed by atoms with Crippen LogP contribution in [0.25, 0.3) is 0 Å². The van der Waals surface area contributed by atoms with Crippen LogP contribution in [0.1, 0.15) is 0 Å². The van der Waals surface area contributed by atoms with Crippen molar-refractivity contribution in [1.29, 1.82) is 0 Å². The minimum absolute atomic E-state index is 0.0301. The number of piperazine rings is 1. The van der Waals surface area contributed by atoms with E-state index in [0.717, 1.165) is 18.8 Å². The molecule has 4 N–H and O–H groups in total. The van der Waals surface area contributed by atoms with Gasteiger partial charge in [-0.2, -0.15) is 0 Å². The first kappa shape index (κ1) is 6.48. The molecule has 5 nitrogen and oxygen atoms in total. The van der Waals surface area contributed by atoms with Crippen LogP contribution in [0.5, 0.6) is 0 Å². The molecule has 5 heteroatoms. The molecule has 1 fully saturated rings. The van der Waals surface area contributed by atoms with Crippen molar-refractivity contribution in [3.63, 3.8) is 0 Å². The van der Waals surface area contributed by atoms with Gasteiger partial charge in [-0.15, -0.1) is 0 Å². The highest BCUT2D eigenvalue weighted by molar-refractivity contribution is 5.77. The fourth-order valence-electron chi connectivity index (χ4n) is 1.21. The van der Waals surface area contributed by atoms with Crippen molar-refractivity contribution >= 4 is 6.03 Å². The normalized spacial score (nSPS) is 28.9. The number of amides is 2. The number of nitrogens with one attached hydrogen (secondary N) is 4. The molecule has 60 valence electrons. The number of hydrogen-bond donors (Lipinski definition) is 4. The minimum Gasteiger partial charge on any atom is -0.383 e. The Hall–Kier alpha value is -1.23. The number of rotatable bonds is 0. The fraction of sp³-hybridized carbons (Fsp3) is 0.500. The number of hydrogen-bond acceptors (Lipinski definition) is 3. The Kier molecular flexibility index (Phi) is 1.43. The van der Waals surface area contributed by atoms with E-state index in [1.54, 1.807) is 6.20 Å². The average molecular weight is 154 g/mol. The SMILES string of the molecule is O=C1NC=C2NCCNC2N1. The molecule has 2 rings (SSSR count). The van der Waals surface area contributed by atoms with Gasteiger partial charge in [0.15, 0.2) is 0 Å². The third kappa shape index (κ3) is 1.14. The average Bonchev–Trinajstić information content (AvgIpc) is 2.04. The molecule has 0 aromatic rings. The van der Waals surface area contributed by atoms with Crippen molar-refractivity contribution in [2.45, 2.75) is 6.17 Å². The molecule has 1 unspecified atom stereocenters. The number of fused-ring (bicyclic) bond motifs is 1. The predicted octanol–water partition coefficient (Wildman–Crippen LogP) is -1.34. The van der Waals surface area contributed by atoms with Gasteiger partial charge >= 0.3 is 6.03 Å². The van der Waals surface area contributed by atoms with E-state index in [9.17, 15) is 4.79 Å². The smallest absolute Gasteiger partial charge is 0.320 e. The zero-order valence-corrected chi connectivity index (χ0v) is 5.98. The van der Waals surface area contributed by atoms with Gasteiger partial charge in [0.2, 0.25) is 0 Å². The highest BCUT2D eigenvalue weighted by Gasteiger charge is 2.22. The summed E-state index contributed by atoms with van der Waals surface area (Å²) in [5.41, 5.74) is 0.996. The maximum Gasteiger partial charge on any atom is 0.320 e. The Morgan fingerprint density at radius 3 is 3.27 bits per heavy atom. The molecule has 0 saturated carbocycles. The Morgan fingerprint density at radius 1 is 1.45 bits per heavy atom. The molecule has 2 heterocycles. The summed E-state index contributed by atoms with van der Waals surface area (Å²) in [6.45, 7) is 1.78. The Balaban J connectivity index is 2.14. The first-order valence-electron chi connectivity index (χ1n) is 3.60. The first-order chi connectivity index (χ1) is 5.36. The number of carbonyl (C=O) groups is 1. The van der Waals surface area contributed by atoms with Gasteiger partial charge in [-0.3, -0.25) is 5.32 Å². The van der Waals surface area contributed by atoms with E-state index >= 15 is 0 Å². The van der Waals surface area contributed by atoms with Crippen LogP contribution in [0.15, 0.2) is 11.9 Å². The van der Waals surface area contributed by atoms with Gasteiger partial charge in [-0.1, -0.05) is 0 Å². The van der Waals surface area contributed by atoms with Crippen LogP contribution < -0.4 is 21.3 Å². The molecule has 0 radical (unpaired) electrons. The van der Waals surface area contributed by atoms with E-state index in [1.807, 2.05) is 0 Å². The monoisotopic (exact) mass is 154 g/mol. The van der Waals surface area contributed by atoms with Gasteiger partial charge in [0.1, 0.15) is 6.17 Å². The Labute approximate surface area is 64.2 Å². The molecule has 0 bridgehead atoms. The third-order valence-electron chi connectivity index (χ3n) is 1.75. The van der Waals surface area contributed by atoms with Crippen LogP contribution in [0.4, 0.5) is 4.79 Å². The molecular formula is C6H10N4O. The van der Waals surface area contributed by atoms with E-state index in [0.29, 0.717) is 0 Å². The largest absolute Gasteiger partial charge is 0.383 e. The summed E-state index contributed by atoms with van der Waals surface area (Å²) < 4.78 is 0. The molecule has 2 aliphatic rings. The lowest BCUT2D eigenvalue weighted by molar-refractivity contribution is 0.234. The minimum atomic E-state index is -0.157. The van der Waals surface area contributed by atoms with Crippen LogP contribution >= 0.6 is 0 Å². The molecule has 0 spiro atoms. The van der Waals surface area contributed by atoms with Gasteiger partial charge < -0.3 is 16.0 Å². The topological polar surface area (TPSA) is 65.2 Å². The molecule has 2 aliphatic heterocycles. The van der Waals surface area contributed by atoms with Crippen molar-refractivity contribution in [3.05, 3.63) is 11.9 Å². The summed E-state index contributed by atoms with van der Waals surface area (Å²) in [4.78, 5) is 10.8. The van der Waals surface area contributed by atoms with Gasteiger partial charge in [-0.05, 0) is 0 Å². The zero-order chi connectivity index (χ0) is 7.68. The molecule has 0 aromatic carbocycles. The van der Waals surface area contributed by atoms with E-state index < -0.39 is 0 Å². The van der Waals surface area contributed by atoms with Crippen LogP contribution in [-0.4, -0.2) is 25.3 Å². The molecule has 0 aromatic heterocycles. The number of urea groups is 1. The molecule has 11 heavy (non-hydrogen) atoms. The Bertz CT molecular complexity index is 213. The van der Waals surface area contributed by atoms with Crippen molar-refractivity contribution in [3.8, 4) is 0 Å². The fourth-order valence-corrected chi connectivity index (χ4v) is 1.21. The van der Waals surface area contributed by atoms with E-state index in [2.05, 4.69) is 21.3 Å².